The molecule has 5 nitrogen and oxygen atoms in total. The summed E-state index contributed by atoms with van der Waals surface area (Å²) in [5, 5.41) is 7.79. The molecule has 6 N–H and O–H groups in total. The molecule has 0 aromatic heterocycles. The van der Waals surface area contributed by atoms with Gasteiger partial charge in [0.25, 0.3) is 0 Å². The second-order valence-corrected chi connectivity index (χ2v) is 10.6. The minimum absolute atomic E-state index is 0.0791. The van der Waals surface area contributed by atoms with E-state index >= 15 is 0 Å². The van der Waals surface area contributed by atoms with Gasteiger partial charge in [-0.15, -0.1) is 0 Å². The molecule has 0 saturated heterocycles. The Kier molecular flexibility index (Phi) is 9.75. The van der Waals surface area contributed by atoms with Crippen molar-refractivity contribution in [2.24, 2.45) is 5.73 Å². The molecule has 0 radical (unpaired) electrons. The number of carbonyl (C=O) groups excluding carboxylic acids is 1. The maximum absolute atomic E-state index is 14.1. The van der Waals surface area contributed by atoms with Crippen LogP contribution in [-0.2, 0) is 11.2 Å². The molecule has 0 aliphatic heterocycles. The number of anilines is 1. The van der Waals surface area contributed by atoms with Crippen molar-refractivity contribution in [2.45, 2.75) is 107 Å². The van der Waals surface area contributed by atoms with Crippen molar-refractivity contribution < 1.29 is 4.79 Å². The minimum Gasteiger partial charge on any atom is -0.398 e. The lowest BCUT2D eigenvalue weighted by molar-refractivity contribution is -0.123. The van der Waals surface area contributed by atoms with Gasteiger partial charge in [-0.25, -0.2) is 0 Å². The molecule has 35 heavy (non-hydrogen) atoms. The fourth-order valence-electron chi connectivity index (χ4n) is 5.92. The fourth-order valence-corrected chi connectivity index (χ4v) is 5.92. The molecular formula is C30H44N4O. The number of nitrogens with one attached hydrogen (secondary N) is 2. The molecule has 0 bridgehead atoms. The number of hydrogen-bond acceptors (Lipinski definition) is 5. The molecule has 0 spiro atoms. The molecule has 2 fully saturated rings. The standard InChI is InChI=1S/C30H44N4O/c31-26-19-11-10-18-25(26)28(29(35)27(32)21-20-22-12-4-1-5-13-22)30(33-23-14-6-2-7-15-23)34-24-16-8-3-9-17-24/h1,4-5,10-13,18-19,23-24,27-28,30,33-34H,2-3,6-9,14-17,20-21,31-32H2. The highest BCUT2D eigenvalue weighted by Gasteiger charge is 2.36. The Balaban J connectivity index is 1.58. The quantitative estimate of drug-likeness (QED) is 0.269. The van der Waals surface area contributed by atoms with Crippen LogP contribution in [0.4, 0.5) is 5.69 Å². The summed E-state index contributed by atoms with van der Waals surface area (Å²) in [7, 11) is 0. The number of carbonyl (C=O) groups is 1. The van der Waals surface area contributed by atoms with Crippen LogP contribution in [-0.4, -0.2) is 30.1 Å². The van der Waals surface area contributed by atoms with E-state index in [1.807, 2.05) is 42.5 Å². The summed E-state index contributed by atoms with van der Waals surface area (Å²) in [6, 6.07) is 18.4. The summed E-state index contributed by atoms with van der Waals surface area (Å²) in [6.45, 7) is 0. The molecule has 2 aliphatic carbocycles. The van der Waals surface area contributed by atoms with Crippen molar-refractivity contribution in [2.75, 3.05) is 5.73 Å². The molecule has 0 amide bonds. The zero-order valence-corrected chi connectivity index (χ0v) is 21.1. The van der Waals surface area contributed by atoms with Crippen LogP contribution in [0.25, 0.3) is 0 Å². The van der Waals surface area contributed by atoms with E-state index in [-0.39, 0.29) is 11.9 Å². The Morgan fingerprint density at radius 2 is 1.34 bits per heavy atom. The van der Waals surface area contributed by atoms with Gasteiger partial charge >= 0.3 is 0 Å². The number of para-hydroxylation sites is 1. The molecule has 2 aromatic rings. The maximum atomic E-state index is 14.1. The average Bonchev–Trinajstić information content (AvgIpc) is 2.90. The van der Waals surface area contributed by atoms with Gasteiger partial charge in [0.15, 0.2) is 5.78 Å². The highest BCUT2D eigenvalue weighted by atomic mass is 16.1. The lowest BCUT2D eigenvalue weighted by Gasteiger charge is -2.38. The van der Waals surface area contributed by atoms with E-state index in [0.29, 0.717) is 24.2 Å². The van der Waals surface area contributed by atoms with Gasteiger partial charge in [0.1, 0.15) is 0 Å². The van der Waals surface area contributed by atoms with Crippen LogP contribution >= 0.6 is 0 Å². The first kappa shape index (κ1) is 25.9. The van der Waals surface area contributed by atoms with Gasteiger partial charge < -0.3 is 11.5 Å². The minimum atomic E-state index is -0.538. The van der Waals surface area contributed by atoms with Crippen molar-refractivity contribution in [3.63, 3.8) is 0 Å². The maximum Gasteiger partial charge on any atom is 0.159 e. The van der Waals surface area contributed by atoms with Crippen molar-refractivity contribution >= 4 is 11.5 Å². The van der Waals surface area contributed by atoms with E-state index < -0.39 is 12.0 Å². The molecule has 2 unspecified atom stereocenters. The van der Waals surface area contributed by atoms with Gasteiger partial charge in [-0.3, -0.25) is 15.4 Å². The summed E-state index contributed by atoms with van der Waals surface area (Å²) >= 11 is 0. The number of nitrogen functional groups attached to an aromatic ring is 1. The summed E-state index contributed by atoms with van der Waals surface area (Å²) in [4.78, 5) is 14.1. The highest BCUT2D eigenvalue weighted by Crippen LogP contribution is 2.30. The Hall–Kier alpha value is -2.21. The third kappa shape index (κ3) is 7.39. The van der Waals surface area contributed by atoms with Gasteiger partial charge in [-0.05, 0) is 55.7 Å². The lowest BCUT2D eigenvalue weighted by atomic mass is 9.83. The summed E-state index contributed by atoms with van der Waals surface area (Å²) in [5.74, 6) is -0.332. The van der Waals surface area contributed by atoms with Gasteiger partial charge in [0, 0.05) is 17.8 Å². The van der Waals surface area contributed by atoms with E-state index in [1.54, 1.807) is 0 Å². The van der Waals surface area contributed by atoms with Crippen molar-refractivity contribution in [1.29, 1.82) is 0 Å². The van der Waals surface area contributed by atoms with E-state index in [9.17, 15) is 4.79 Å². The Morgan fingerprint density at radius 3 is 1.91 bits per heavy atom. The van der Waals surface area contributed by atoms with Crippen molar-refractivity contribution in [1.82, 2.24) is 10.6 Å². The van der Waals surface area contributed by atoms with Gasteiger partial charge in [0.2, 0.25) is 0 Å². The Bertz CT molecular complexity index is 886. The largest absolute Gasteiger partial charge is 0.398 e. The third-order valence-corrected chi connectivity index (χ3v) is 7.96. The molecule has 2 aliphatic rings. The summed E-state index contributed by atoms with van der Waals surface area (Å²) in [6.07, 6.45) is 13.5. The van der Waals surface area contributed by atoms with Crippen LogP contribution in [0.15, 0.2) is 54.6 Å². The van der Waals surface area contributed by atoms with Crippen LogP contribution in [0.3, 0.4) is 0 Å². The molecule has 190 valence electrons. The van der Waals surface area contributed by atoms with Crippen LogP contribution in [0.1, 0.15) is 87.7 Å². The number of hydrogen-bond donors (Lipinski definition) is 4. The third-order valence-electron chi connectivity index (χ3n) is 7.96. The van der Waals surface area contributed by atoms with E-state index in [0.717, 1.165) is 37.7 Å². The fraction of sp³-hybridized carbons (Fsp3) is 0.567. The molecule has 2 atom stereocenters. The zero-order chi connectivity index (χ0) is 24.5. The Labute approximate surface area is 211 Å². The molecule has 0 heterocycles. The van der Waals surface area contributed by atoms with Crippen LogP contribution in [0.2, 0.25) is 0 Å². The molecule has 5 heteroatoms. The zero-order valence-electron chi connectivity index (χ0n) is 21.1. The molecular weight excluding hydrogens is 432 g/mol. The van der Waals surface area contributed by atoms with Crippen molar-refractivity contribution in [3.05, 3.63) is 65.7 Å². The van der Waals surface area contributed by atoms with Gasteiger partial charge in [0.05, 0.1) is 18.1 Å². The normalized spacial score (nSPS) is 19.5. The van der Waals surface area contributed by atoms with Gasteiger partial charge in [-0.1, -0.05) is 87.1 Å². The number of Topliss-reactive ketones (excluding diaryl/α,β-unsaturated/α-hetero) is 1. The number of aryl methyl sites for hydroxylation is 1. The van der Waals surface area contributed by atoms with Crippen LogP contribution in [0, 0.1) is 0 Å². The van der Waals surface area contributed by atoms with Gasteiger partial charge in [-0.2, -0.15) is 0 Å². The first-order chi connectivity index (χ1) is 17.1. The second-order valence-electron chi connectivity index (χ2n) is 10.6. The number of nitrogens with two attached hydrogens (primary N) is 2. The topological polar surface area (TPSA) is 93.2 Å². The van der Waals surface area contributed by atoms with Crippen LogP contribution < -0.4 is 22.1 Å². The Morgan fingerprint density at radius 1 is 0.800 bits per heavy atom. The number of rotatable bonds is 11. The average molecular weight is 477 g/mol. The van der Waals surface area contributed by atoms with Crippen LogP contribution in [0.5, 0.6) is 0 Å². The predicted molar refractivity (Wildman–Crippen MR) is 145 cm³/mol. The summed E-state index contributed by atoms with van der Waals surface area (Å²) < 4.78 is 0. The van der Waals surface area contributed by atoms with Crippen molar-refractivity contribution in [3.8, 4) is 0 Å². The smallest absolute Gasteiger partial charge is 0.159 e. The first-order valence-corrected chi connectivity index (χ1v) is 13.8. The number of ketones is 1. The molecule has 4 rings (SSSR count). The summed E-state index contributed by atoms with van der Waals surface area (Å²) in [5.41, 5.74) is 15.9. The van der Waals surface area contributed by atoms with E-state index in [4.69, 9.17) is 11.5 Å². The molecule has 2 saturated carbocycles. The van der Waals surface area contributed by atoms with E-state index in [2.05, 4.69) is 22.8 Å². The lowest BCUT2D eigenvalue weighted by Crippen LogP contribution is -2.57. The SMILES string of the molecule is Nc1ccccc1C(C(=O)C(N)CCc1ccccc1)C(NC1CCCCC1)NC1CCCCC1. The van der Waals surface area contributed by atoms with E-state index in [1.165, 1.54) is 44.1 Å². The number of benzene rings is 2. The highest BCUT2D eigenvalue weighted by molar-refractivity contribution is 5.92. The predicted octanol–water partition coefficient (Wildman–Crippen LogP) is 5.05. The first-order valence-electron chi connectivity index (χ1n) is 13.8. The molecule has 2 aromatic carbocycles. The monoisotopic (exact) mass is 476 g/mol. The second kappa shape index (κ2) is 13.2.